The number of benzene rings is 1. The highest BCUT2D eigenvalue weighted by Gasteiger charge is 2.22. The molecule has 104 valence electrons. The van der Waals surface area contributed by atoms with E-state index in [0.29, 0.717) is 6.42 Å². The Balaban J connectivity index is 3.01. The molecule has 19 heavy (non-hydrogen) atoms. The monoisotopic (exact) mass is 269 g/mol. The van der Waals surface area contributed by atoms with Crippen LogP contribution in [0.3, 0.4) is 0 Å². The standard InChI is InChI=1S/C12H15NO6/c1-3-12(2,16)7-19-10-5-4-8(13(17)18)6-9(10)11(14)15/h4-6,16H,3,7H2,1-2H3,(H,14,15). The second kappa shape index (κ2) is 5.66. The second-order valence-electron chi connectivity index (χ2n) is 4.38. The number of aromatic carboxylic acids is 1. The zero-order chi connectivity index (χ0) is 14.6. The van der Waals surface area contributed by atoms with E-state index in [1.807, 2.05) is 0 Å². The van der Waals surface area contributed by atoms with Crippen LogP contribution in [0.1, 0.15) is 30.6 Å². The first-order chi connectivity index (χ1) is 8.76. The molecule has 0 radical (unpaired) electrons. The minimum absolute atomic E-state index is 0.00757. The molecule has 1 rings (SSSR count). The van der Waals surface area contributed by atoms with Gasteiger partial charge >= 0.3 is 5.97 Å². The van der Waals surface area contributed by atoms with E-state index in [-0.39, 0.29) is 23.6 Å². The Morgan fingerprint density at radius 2 is 2.16 bits per heavy atom. The summed E-state index contributed by atoms with van der Waals surface area (Å²) in [4.78, 5) is 20.9. The number of carbonyl (C=O) groups is 1. The predicted octanol–water partition coefficient (Wildman–Crippen LogP) is 1.83. The molecule has 1 atom stereocenters. The van der Waals surface area contributed by atoms with Crippen molar-refractivity contribution in [1.29, 1.82) is 0 Å². The third-order valence-electron chi connectivity index (χ3n) is 2.70. The highest BCUT2D eigenvalue weighted by atomic mass is 16.6. The van der Waals surface area contributed by atoms with Gasteiger partial charge in [-0.3, -0.25) is 10.1 Å². The number of nitrogens with zero attached hydrogens (tertiary/aromatic N) is 1. The topological polar surface area (TPSA) is 110 Å². The van der Waals surface area contributed by atoms with Gasteiger partial charge in [-0.05, 0) is 19.4 Å². The van der Waals surface area contributed by atoms with Crippen LogP contribution in [0.15, 0.2) is 18.2 Å². The number of ether oxygens (including phenoxy) is 1. The summed E-state index contributed by atoms with van der Waals surface area (Å²) >= 11 is 0. The molecule has 0 bridgehead atoms. The molecular weight excluding hydrogens is 254 g/mol. The molecule has 2 N–H and O–H groups in total. The van der Waals surface area contributed by atoms with Crippen LogP contribution in [0, 0.1) is 10.1 Å². The van der Waals surface area contributed by atoms with Crippen molar-refractivity contribution in [3.63, 3.8) is 0 Å². The van der Waals surface area contributed by atoms with Crippen molar-refractivity contribution >= 4 is 11.7 Å². The number of carboxylic acid groups (broad SMARTS) is 1. The number of rotatable bonds is 6. The number of nitro groups is 1. The third kappa shape index (κ3) is 3.92. The highest BCUT2D eigenvalue weighted by Crippen LogP contribution is 2.25. The number of non-ortho nitro benzene ring substituents is 1. The van der Waals surface area contributed by atoms with E-state index in [4.69, 9.17) is 9.84 Å². The number of hydrogen-bond donors (Lipinski definition) is 2. The fourth-order valence-electron chi connectivity index (χ4n) is 1.26. The Morgan fingerprint density at radius 3 is 2.63 bits per heavy atom. The molecule has 0 aliphatic rings. The molecule has 0 aliphatic carbocycles. The normalized spacial score (nSPS) is 13.6. The van der Waals surface area contributed by atoms with Gasteiger partial charge in [-0.25, -0.2) is 4.79 Å². The van der Waals surface area contributed by atoms with Crippen LogP contribution >= 0.6 is 0 Å². The first-order valence-electron chi connectivity index (χ1n) is 5.64. The minimum atomic E-state index is -1.32. The molecule has 0 fully saturated rings. The van der Waals surface area contributed by atoms with Crippen molar-refractivity contribution in [3.8, 4) is 5.75 Å². The van der Waals surface area contributed by atoms with Crippen LogP contribution in [0.2, 0.25) is 0 Å². The number of aliphatic hydroxyl groups is 1. The van der Waals surface area contributed by atoms with E-state index in [9.17, 15) is 20.0 Å². The average molecular weight is 269 g/mol. The van der Waals surface area contributed by atoms with E-state index < -0.39 is 16.5 Å². The zero-order valence-corrected chi connectivity index (χ0v) is 10.6. The molecule has 7 heteroatoms. The smallest absolute Gasteiger partial charge is 0.339 e. The first-order valence-corrected chi connectivity index (χ1v) is 5.64. The van der Waals surface area contributed by atoms with Crippen molar-refractivity contribution in [3.05, 3.63) is 33.9 Å². The van der Waals surface area contributed by atoms with Crippen LogP contribution in [0.4, 0.5) is 5.69 Å². The summed E-state index contributed by atoms with van der Waals surface area (Å²) in [5.41, 5.74) is -1.72. The molecule has 0 aliphatic heterocycles. The van der Waals surface area contributed by atoms with Gasteiger partial charge in [0.1, 0.15) is 17.9 Å². The van der Waals surface area contributed by atoms with Gasteiger partial charge < -0.3 is 14.9 Å². The summed E-state index contributed by atoms with van der Waals surface area (Å²) in [5, 5.41) is 29.4. The maximum Gasteiger partial charge on any atom is 0.339 e. The maximum atomic E-state index is 11.0. The van der Waals surface area contributed by atoms with Crippen molar-refractivity contribution in [2.45, 2.75) is 25.9 Å². The zero-order valence-electron chi connectivity index (χ0n) is 10.6. The fourth-order valence-corrected chi connectivity index (χ4v) is 1.26. The highest BCUT2D eigenvalue weighted by molar-refractivity contribution is 5.91. The molecule has 1 aromatic rings. The molecule has 0 saturated heterocycles. The van der Waals surface area contributed by atoms with Crippen molar-refractivity contribution in [2.24, 2.45) is 0 Å². The largest absolute Gasteiger partial charge is 0.490 e. The van der Waals surface area contributed by atoms with E-state index in [0.717, 1.165) is 12.1 Å². The van der Waals surface area contributed by atoms with Gasteiger partial charge in [0.2, 0.25) is 0 Å². The van der Waals surface area contributed by atoms with E-state index in [1.165, 1.54) is 6.07 Å². The van der Waals surface area contributed by atoms with Crippen LogP contribution in [-0.4, -0.2) is 33.3 Å². The van der Waals surface area contributed by atoms with E-state index in [2.05, 4.69) is 0 Å². The average Bonchev–Trinajstić information content (AvgIpc) is 2.36. The molecule has 0 heterocycles. The Labute approximate surface area is 109 Å². The molecule has 0 amide bonds. The lowest BCUT2D eigenvalue weighted by molar-refractivity contribution is -0.384. The first kappa shape index (κ1) is 14.9. The van der Waals surface area contributed by atoms with Gasteiger partial charge in [-0.1, -0.05) is 6.92 Å². The summed E-state index contributed by atoms with van der Waals surface area (Å²) in [6.45, 7) is 3.22. The molecule has 1 aromatic carbocycles. The Morgan fingerprint density at radius 1 is 1.53 bits per heavy atom. The van der Waals surface area contributed by atoms with Crippen molar-refractivity contribution < 1.29 is 24.7 Å². The SMILES string of the molecule is CCC(C)(O)COc1ccc([N+](=O)[O-])cc1C(=O)O. The van der Waals surface area contributed by atoms with Gasteiger partial charge in [-0.2, -0.15) is 0 Å². The number of carboxylic acids is 1. The summed E-state index contributed by atoms with van der Waals surface area (Å²) in [7, 11) is 0. The molecule has 0 aromatic heterocycles. The molecule has 0 saturated carbocycles. The fraction of sp³-hybridized carbons (Fsp3) is 0.417. The molecular formula is C12H15NO6. The predicted molar refractivity (Wildman–Crippen MR) is 66.5 cm³/mol. The summed E-state index contributed by atoms with van der Waals surface area (Å²) in [6, 6.07) is 3.30. The lowest BCUT2D eigenvalue weighted by Gasteiger charge is -2.21. The van der Waals surface area contributed by atoms with E-state index >= 15 is 0 Å². The minimum Gasteiger partial charge on any atom is -0.490 e. The Bertz CT molecular complexity index is 497. The van der Waals surface area contributed by atoms with Gasteiger partial charge in [0.15, 0.2) is 0 Å². The second-order valence-corrected chi connectivity index (χ2v) is 4.38. The summed E-state index contributed by atoms with van der Waals surface area (Å²) < 4.78 is 5.24. The van der Waals surface area contributed by atoms with Crippen LogP contribution < -0.4 is 4.74 Å². The van der Waals surface area contributed by atoms with Gasteiger partial charge in [0, 0.05) is 12.1 Å². The van der Waals surface area contributed by atoms with Gasteiger partial charge in [0.25, 0.3) is 5.69 Å². The number of hydrogen-bond acceptors (Lipinski definition) is 5. The van der Waals surface area contributed by atoms with Crippen LogP contribution in [-0.2, 0) is 0 Å². The van der Waals surface area contributed by atoms with Gasteiger partial charge in [-0.15, -0.1) is 0 Å². The lowest BCUT2D eigenvalue weighted by Crippen LogP contribution is -2.31. The quantitative estimate of drug-likeness (QED) is 0.602. The maximum absolute atomic E-state index is 11.0. The molecule has 1 unspecified atom stereocenters. The lowest BCUT2D eigenvalue weighted by atomic mass is 10.1. The summed E-state index contributed by atoms with van der Waals surface area (Å²) in [6.07, 6.45) is 0.433. The third-order valence-corrected chi connectivity index (χ3v) is 2.70. The van der Waals surface area contributed by atoms with E-state index in [1.54, 1.807) is 13.8 Å². The van der Waals surface area contributed by atoms with Crippen molar-refractivity contribution in [1.82, 2.24) is 0 Å². The van der Waals surface area contributed by atoms with Gasteiger partial charge in [0.05, 0.1) is 10.5 Å². The molecule has 7 nitrogen and oxygen atoms in total. The van der Waals surface area contributed by atoms with Crippen molar-refractivity contribution in [2.75, 3.05) is 6.61 Å². The van der Waals surface area contributed by atoms with Crippen LogP contribution in [0.25, 0.3) is 0 Å². The Hall–Kier alpha value is -2.15. The Kier molecular flexibility index (Phi) is 4.44. The number of nitro benzene ring substituents is 1. The summed E-state index contributed by atoms with van der Waals surface area (Å²) in [5.74, 6) is -1.33. The van der Waals surface area contributed by atoms with Crippen LogP contribution in [0.5, 0.6) is 5.75 Å². The molecule has 0 spiro atoms.